The van der Waals surface area contributed by atoms with Crippen molar-refractivity contribution in [3.05, 3.63) is 16.0 Å². The lowest BCUT2D eigenvalue weighted by atomic mass is 9.95. The Kier molecular flexibility index (Phi) is 2.67. The summed E-state index contributed by atoms with van der Waals surface area (Å²) in [4.78, 5) is 7.40. The van der Waals surface area contributed by atoms with Crippen LogP contribution in [0.3, 0.4) is 0 Å². The molecule has 0 N–H and O–H groups in total. The van der Waals surface area contributed by atoms with Gasteiger partial charge in [-0.1, -0.05) is 41.5 Å². The third-order valence-electron chi connectivity index (χ3n) is 2.47. The first-order valence-electron chi connectivity index (χ1n) is 5.59. The molecule has 0 saturated carbocycles. The smallest absolute Gasteiger partial charge is 0.134 e. The molecular formula is C13H19NS2. The van der Waals surface area contributed by atoms with Gasteiger partial charge in [-0.3, -0.25) is 0 Å². The number of fused-ring (bicyclic) bond motifs is 1. The van der Waals surface area contributed by atoms with Gasteiger partial charge in [-0.25, -0.2) is 4.98 Å². The van der Waals surface area contributed by atoms with E-state index in [4.69, 9.17) is 4.98 Å². The van der Waals surface area contributed by atoms with Crippen LogP contribution in [-0.2, 0) is 10.8 Å². The predicted octanol–water partition coefficient (Wildman–Crippen LogP) is 4.95. The summed E-state index contributed by atoms with van der Waals surface area (Å²) in [6.07, 6.45) is 0. The zero-order chi connectivity index (χ0) is 12.1. The van der Waals surface area contributed by atoms with Crippen LogP contribution in [0.5, 0.6) is 0 Å². The summed E-state index contributed by atoms with van der Waals surface area (Å²) >= 11 is 3.68. The van der Waals surface area contributed by atoms with Gasteiger partial charge in [0.15, 0.2) is 0 Å². The van der Waals surface area contributed by atoms with Crippen molar-refractivity contribution in [2.24, 2.45) is 0 Å². The van der Waals surface area contributed by atoms with E-state index in [9.17, 15) is 0 Å². The molecular weight excluding hydrogens is 234 g/mol. The van der Waals surface area contributed by atoms with Gasteiger partial charge in [0.25, 0.3) is 0 Å². The summed E-state index contributed by atoms with van der Waals surface area (Å²) < 4.78 is 1.35. The van der Waals surface area contributed by atoms with Crippen LogP contribution in [0.4, 0.5) is 0 Å². The molecule has 0 aliphatic heterocycles. The number of nitrogens with zero attached hydrogens (tertiary/aromatic N) is 1. The molecule has 1 nitrogen and oxygen atoms in total. The second-order valence-corrected chi connectivity index (χ2v) is 8.36. The van der Waals surface area contributed by atoms with Gasteiger partial charge in [-0.05, 0) is 11.5 Å². The normalized spacial score (nSPS) is 13.6. The lowest BCUT2D eigenvalue weighted by molar-refractivity contribution is 0.587. The standard InChI is InChI=1S/C13H19NS2/c1-12(2,3)9-7-8-10(16-9)14-11(15-8)13(4,5)6/h7H,1-6H3. The first-order valence-corrected chi connectivity index (χ1v) is 7.22. The van der Waals surface area contributed by atoms with Crippen molar-refractivity contribution in [3.8, 4) is 0 Å². The third kappa shape index (κ3) is 2.16. The van der Waals surface area contributed by atoms with E-state index in [1.54, 1.807) is 0 Å². The molecule has 3 heteroatoms. The average molecular weight is 253 g/mol. The topological polar surface area (TPSA) is 12.9 Å². The van der Waals surface area contributed by atoms with Crippen LogP contribution in [0.2, 0.25) is 0 Å². The minimum absolute atomic E-state index is 0.172. The Morgan fingerprint density at radius 1 is 0.938 bits per heavy atom. The van der Waals surface area contributed by atoms with E-state index in [1.165, 1.54) is 19.4 Å². The summed E-state index contributed by atoms with van der Waals surface area (Å²) in [5, 5.41) is 1.24. The molecule has 0 aliphatic rings. The summed E-state index contributed by atoms with van der Waals surface area (Å²) in [5.41, 5.74) is 0.415. The second-order valence-electron chi connectivity index (χ2n) is 6.30. The maximum absolute atomic E-state index is 4.76. The van der Waals surface area contributed by atoms with E-state index in [0.29, 0.717) is 0 Å². The van der Waals surface area contributed by atoms with Crippen molar-refractivity contribution < 1.29 is 0 Å². The molecule has 0 aromatic carbocycles. The Balaban J connectivity index is 2.49. The molecule has 88 valence electrons. The van der Waals surface area contributed by atoms with E-state index < -0.39 is 0 Å². The molecule has 2 rings (SSSR count). The van der Waals surface area contributed by atoms with Gasteiger partial charge in [0.1, 0.15) is 9.84 Å². The molecule has 16 heavy (non-hydrogen) atoms. The summed E-state index contributed by atoms with van der Waals surface area (Å²) in [6.45, 7) is 13.4. The zero-order valence-corrected chi connectivity index (χ0v) is 12.5. The van der Waals surface area contributed by atoms with Gasteiger partial charge >= 0.3 is 0 Å². The van der Waals surface area contributed by atoms with Gasteiger partial charge in [0.05, 0.1) is 4.70 Å². The maximum atomic E-state index is 4.76. The summed E-state index contributed by atoms with van der Waals surface area (Å²) in [5.74, 6) is 0. The van der Waals surface area contributed by atoms with Crippen LogP contribution in [0.25, 0.3) is 9.53 Å². The van der Waals surface area contributed by atoms with Crippen molar-refractivity contribution in [1.82, 2.24) is 4.98 Å². The van der Waals surface area contributed by atoms with Crippen LogP contribution >= 0.6 is 22.7 Å². The van der Waals surface area contributed by atoms with Gasteiger partial charge in [0.2, 0.25) is 0 Å². The first-order chi connectivity index (χ1) is 7.18. The maximum Gasteiger partial charge on any atom is 0.134 e. The minimum Gasteiger partial charge on any atom is -0.230 e. The van der Waals surface area contributed by atoms with Crippen LogP contribution in [-0.4, -0.2) is 4.98 Å². The van der Waals surface area contributed by atoms with E-state index in [2.05, 4.69) is 47.6 Å². The Labute approximate surface area is 106 Å². The Hall–Kier alpha value is -0.410. The van der Waals surface area contributed by atoms with E-state index in [0.717, 1.165) is 0 Å². The number of hydrogen-bond acceptors (Lipinski definition) is 3. The average Bonchev–Trinajstić information content (AvgIpc) is 2.53. The molecule has 0 spiro atoms. The third-order valence-corrected chi connectivity index (χ3v) is 5.48. The molecule has 0 fully saturated rings. The van der Waals surface area contributed by atoms with Gasteiger partial charge in [-0.2, -0.15) is 0 Å². The van der Waals surface area contributed by atoms with Crippen LogP contribution in [0.1, 0.15) is 51.4 Å². The highest BCUT2D eigenvalue weighted by molar-refractivity contribution is 7.27. The second kappa shape index (κ2) is 3.54. The molecule has 0 atom stereocenters. The molecule has 2 aromatic heterocycles. The molecule has 0 saturated heterocycles. The molecule has 0 aliphatic carbocycles. The first kappa shape index (κ1) is 12.1. The predicted molar refractivity (Wildman–Crippen MR) is 74.9 cm³/mol. The summed E-state index contributed by atoms with van der Waals surface area (Å²) in [7, 11) is 0. The monoisotopic (exact) mass is 253 g/mol. The Morgan fingerprint density at radius 2 is 1.56 bits per heavy atom. The number of rotatable bonds is 0. The molecule has 2 aromatic rings. The van der Waals surface area contributed by atoms with E-state index >= 15 is 0 Å². The highest BCUT2D eigenvalue weighted by Crippen LogP contribution is 2.39. The molecule has 0 amide bonds. The summed E-state index contributed by atoms with van der Waals surface area (Å²) in [6, 6.07) is 2.31. The van der Waals surface area contributed by atoms with Gasteiger partial charge in [0, 0.05) is 10.3 Å². The van der Waals surface area contributed by atoms with Crippen molar-refractivity contribution in [3.63, 3.8) is 0 Å². The van der Waals surface area contributed by atoms with Crippen molar-refractivity contribution >= 4 is 32.2 Å². The fourth-order valence-electron chi connectivity index (χ4n) is 1.43. The fraction of sp³-hybridized carbons (Fsp3) is 0.615. The number of thiophene rings is 1. The van der Waals surface area contributed by atoms with Crippen molar-refractivity contribution in [1.29, 1.82) is 0 Å². The van der Waals surface area contributed by atoms with Crippen molar-refractivity contribution in [2.45, 2.75) is 52.4 Å². The highest BCUT2D eigenvalue weighted by atomic mass is 32.1. The SMILES string of the molecule is CC(C)(C)c1cc2sc(C(C)(C)C)nc2s1. The number of aromatic nitrogens is 1. The van der Waals surface area contributed by atoms with E-state index in [1.807, 2.05) is 22.7 Å². The largest absolute Gasteiger partial charge is 0.230 e. The van der Waals surface area contributed by atoms with Crippen LogP contribution in [0.15, 0.2) is 6.07 Å². The van der Waals surface area contributed by atoms with Gasteiger partial charge < -0.3 is 0 Å². The fourth-order valence-corrected chi connectivity index (χ4v) is 3.76. The quantitative estimate of drug-likeness (QED) is 0.647. The molecule has 0 bridgehead atoms. The number of thiazole rings is 1. The lowest BCUT2D eigenvalue weighted by Crippen LogP contribution is -2.10. The highest BCUT2D eigenvalue weighted by Gasteiger charge is 2.22. The zero-order valence-electron chi connectivity index (χ0n) is 10.8. The molecule has 2 heterocycles. The number of hydrogen-bond donors (Lipinski definition) is 0. The minimum atomic E-state index is 0.172. The van der Waals surface area contributed by atoms with Crippen molar-refractivity contribution in [2.75, 3.05) is 0 Å². The van der Waals surface area contributed by atoms with Crippen LogP contribution in [0, 0.1) is 0 Å². The Morgan fingerprint density at radius 3 is 2.00 bits per heavy atom. The molecule has 0 radical (unpaired) electrons. The van der Waals surface area contributed by atoms with Gasteiger partial charge in [-0.15, -0.1) is 22.7 Å². The Bertz CT molecular complexity index is 431. The van der Waals surface area contributed by atoms with Crippen LogP contribution < -0.4 is 0 Å². The van der Waals surface area contributed by atoms with E-state index in [-0.39, 0.29) is 10.8 Å². The molecule has 0 unspecified atom stereocenters. The lowest BCUT2D eigenvalue weighted by Gasteiger charge is -2.15.